The Bertz CT molecular complexity index is 347. The van der Waals surface area contributed by atoms with Crippen LogP contribution in [-0.4, -0.2) is 21.7 Å². The summed E-state index contributed by atoms with van der Waals surface area (Å²) in [5, 5.41) is 12.9. The molecule has 0 bridgehead atoms. The SMILES string of the molecule is Cc1nc(NC(C)C(C)(C)O)ccc1Br. The molecule has 1 rings (SSSR count). The van der Waals surface area contributed by atoms with Gasteiger partial charge >= 0.3 is 0 Å². The van der Waals surface area contributed by atoms with Gasteiger partial charge in [-0.1, -0.05) is 0 Å². The first-order valence-corrected chi connectivity index (χ1v) is 5.72. The minimum absolute atomic E-state index is 0.0504. The van der Waals surface area contributed by atoms with Crippen LogP contribution in [0.1, 0.15) is 26.5 Å². The Labute approximate surface area is 99.1 Å². The number of nitrogens with one attached hydrogen (secondary N) is 1. The van der Waals surface area contributed by atoms with Gasteiger partial charge in [-0.05, 0) is 55.8 Å². The summed E-state index contributed by atoms with van der Waals surface area (Å²) in [6.07, 6.45) is 0. The lowest BCUT2D eigenvalue weighted by Gasteiger charge is -2.27. The zero-order chi connectivity index (χ0) is 11.6. The molecule has 0 saturated heterocycles. The van der Waals surface area contributed by atoms with Gasteiger partial charge in [-0.15, -0.1) is 0 Å². The number of aryl methyl sites for hydroxylation is 1. The van der Waals surface area contributed by atoms with Crippen molar-refractivity contribution in [3.8, 4) is 0 Å². The highest BCUT2D eigenvalue weighted by atomic mass is 79.9. The van der Waals surface area contributed by atoms with E-state index in [0.717, 1.165) is 16.0 Å². The molecule has 0 saturated carbocycles. The topological polar surface area (TPSA) is 45.2 Å². The van der Waals surface area contributed by atoms with Gasteiger partial charge < -0.3 is 10.4 Å². The second-order valence-corrected chi connectivity index (χ2v) is 5.14. The highest BCUT2D eigenvalue weighted by Gasteiger charge is 2.22. The molecule has 84 valence electrons. The molecule has 0 amide bonds. The summed E-state index contributed by atoms with van der Waals surface area (Å²) in [7, 11) is 0. The van der Waals surface area contributed by atoms with E-state index in [-0.39, 0.29) is 6.04 Å². The van der Waals surface area contributed by atoms with Gasteiger partial charge in [0.1, 0.15) is 5.82 Å². The van der Waals surface area contributed by atoms with Crippen molar-refractivity contribution in [1.82, 2.24) is 4.98 Å². The molecule has 0 aromatic carbocycles. The maximum atomic E-state index is 9.77. The Morgan fingerprint density at radius 3 is 2.53 bits per heavy atom. The lowest BCUT2D eigenvalue weighted by Crippen LogP contribution is -2.39. The first kappa shape index (κ1) is 12.5. The van der Waals surface area contributed by atoms with Crippen molar-refractivity contribution in [1.29, 1.82) is 0 Å². The van der Waals surface area contributed by atoms with Crippen LogP contribution in [-0.2, 0) is 0 Å². The summed E-state index contributed by atoms with van der Waals surface area (Å²) in [6, 6.07) is 3.78. The van der Waals surface area contributed by atoms with E-state index in [9.17, 15) is 5.11 Å². The van der Waals surface area contributed by atoms with E-state index in [1.54, 1.807) is 13.8 Å². The van der Waals surface area contributed by atoms with Crippen molar-refractivity contribution in [2.45, 2.75) is 39.3 Å². The fourth-order valence-corrected chi connectivity index (χ4v) is 1.24. The van der Waals surface area contributed by atoms with Crippen molar-refractivity contribution in [2.75, 3.05) is 5.32 Å². The lowest BCUT2D eigenvalue weighted by molar-refractivity contribution is 0.0648. The predicted octanol–water partition coefficient (Wildman–Crippen LogP) is 2.72. The van der Waals surface area contributed by atoms with Gasteiger partial charge in [-0.3, -0.25) is 0 Å². The summed E-state index contributed by atoms with van der Waals surface area (Å²) in [5.41, 5.74) is 0.172. The second-order valence-electron chi connectivity index (χ2n) is 4.28. The van der Waals surface area contributed by atoms with Crippen LogP contribution in [0, 0.1) is 6.92 Å². The van der Waals surface area contributed by atoms with Gasteiger partial charge in [-0.25, -0.2) is 4.98 Å². The lowest BCUT2D eigenvalue weighted by atomic mass is 10.0. The van der Waals surface area contributed by atoms with E-state index in [2.05, 4.69) is 26.2 Å². The van der Waals surface area contributed by atoms with Gasteiger partial charge in [-0.2, -0.15) is 0 Å². The molecule has 0 aliphatic heterocycles. The smallest absolute Gasteiger partial charge is 0.126 e. The maximum Gasteiger partial charge on any atom is 0.126 e. The third-order valence-electron chi connectivity index (χ3n) is 2.45. The average Bonchev–Trinajstić information content (AvgIpc) is 2.10. The van der Waals surface area contributed by atoms with Gasteiger partial charge in [0.25, 0.3) is 0 Å². The summed E-state index contributed by atoms with van der Waals surface area (Å²) in [6.45, 7) is 7.41. The number of hydrogen-bond acceptors (Lipinski definition) is 3. The van der Waals surface area contributed by atoms with Crippen molar-refractivity contribution in [2.24, 2.45) is 0 Å². The van der Waals surface area contributed by atoms with Crippen LogP contribution in [0.2, 0.25) is 0 Å². The van der Waals surface area contributed by atoms with E-state index in [0.29, 0.717) is 0 Å². The fourth-order valence-electron chi connectivity index (χ4n) is 1.02. The first-order chi connectivity index (χ1) is 6.80. The molecule has 0 spiro atoms. The van der Waals surface area contributed by atoms with Crippen LogP contribution in [0.3, 0.4) is 0 Å². The number of aliphatic hydroxyl groups is 1. The molecule has 2 N–H and O–H groups in total. The second kappa shape index (κ2) is 4.49. The maximum absolute atomic E-state index is 9.77. The molecule has 1 aromatic heterocycles. The Kier molecular flexibility index (Phi) is 3.73. The predicted molar refractivity (Wildman–Crippen MR) is 66.1 cm³/mol. The zero-order valence-electron chi connectivity index (χ0n) is 9.50. The molecule has 4 heteroatoms. The number of pyridine rings is 1. The van der Waals surface area contributed by atoms with Gasteiger partial charge in [0.05, 0.1) is 17.3 Å². The number of halogens is 1. The highest BCUT2D eigenvalue weighted by Crippen LogP contribution is 2.18. The molecule has 15 heavy (non-hydrogen) atoms. The molecule has 1 heterocycles. The first-order valence-electron chi connectivity index (χ1n) is 4.93. The van der Waals surface area contributed by atoms with E-state index in [1.807, 2.05) is 26.0 Å². The molecular formula is C11H17BrN2O. The Balaban J connectivity index is 2.78. The van der Waals surface area contributed by atoms with Crippen molar-refractivity contribution >= 4 is 21.7 Å². The van der Waals surface area contributed by atoms with E-state index < -0.39 is 5.60 Å². The monoisotopic (exact) mass is 272 g/mol. The van der Waals surface area contributed by atoms with Crippen molar-refractivity contribution in [3.63, 3.8) is 0 Å². The van der Waals surface area contributed by atoms with Crippen LogP contribution in [0.15, 0.2) is 16.6 Å². The van der Waals surface area contributed by atoms with E-state index in [1.165, 1.54) is 0 Å². The number of hydrogen-bond donors (Lipinski definition) is 2. The summed E-state index contributed by atoms with van der Waals surface area (Å²) >= 11 is 3.40. The molecule has 0 aliphatic carbocycles. The van der Waals surface area contributed by atoms with Crippen LogP contribution in [0.25, 0.3) is 0 Å². The molecule has 0 fully saturated rings. The summed E-state index contributed by atoms with van der Waals surface area (Å²) in [4.78, 5) is 4.36. The zero-order valence-corrected chi connectivity index (χ0v) is 11.1. The molecule has 1 unspecified atom stereocenters. The quantitative estimate of drug-likeness (QED) is 0.890. The van der Waals surface area contributed by atoms with Gasteiger partial charge in [0.2, 0.25) is 0 Å². The van der Waals surface area contributed by atoms with Crippen LogP contribution in [0.4, 0.5) is 5.82 Å². The number of rotatable bonds is 3. The van der Waals surface area contributed by atoms with Gasteiger partial charge in [0.15, 0.2) is 0 Å². The van der Waals surface area contributed by atoms with E-state index >= 15 is 0 Å². The minimum atomic E-state index is -0.761. The average molecular weight is 273 g/mol. The standard InChI is InChI=1S/C11H17BrN2O/c1-7-9(12)5-6-10(13-7)14-8(2)11(3,4)15/h5-6,8,15H,1-4H3,(H,13,14). The van der Waals surface area contributed by atoms with Crippen molar-refractivity contribution in [3.05, 3.63) is 22.3 Å². The number of nitrogens with zero attached hydrogens (tertiary/aromatic N) is 1. The van der Waals surface area contributed by atoms with E-state index in [4.69, 9.17) is 0 Å². The van der Waals surface area contributed by atoms with Crippen LogP contribution >= 0.6 is 15.9 Å². The Morgan fingerprint density at radius 2 is 2.07 bits per heavy atom. The molecule has 1 atom stereocenters. The van der Waals surface area contributed by atoms with Crippen LogP contribution in [0.5, 0.6) is 0 Å². The number of aromatic nitrogens is 1. The Hall–Kier alpha value is -0.610. The normalized spacial score (nSPS) is 13.7. The minimum Gasteiger partial charge on any atom is -0.388 e. The molecule has 1 aromatic rings. The van der Waals surface area contributed by atoms with Gasteiger partial charge in [0, 0.05) is 4.47 Å². The summed E-state index contributed by atoms with van der Waals surface area (Å²) in [5.74, 6) is 0.783. The molecule has 0 radical (unpaired) electrons. The number of anilines is 1. The highest BCUT2D eigenvalue weighted by molar-refractivity contribution is 9.10. The molecule has 0 aliphatic rings. The third-order valence-corrected chi connectivity index (χ3v) is 3.28. The molecular weight excluding hydrogens is 256 g/mol. The summed E-state index contributed by atoms with van der Waals surface area (Å²) < 4.78 is 0.990. The fraction of sp³-hybridized carbons (Fsp3) is 0.545. The molecule has 3 nitrogen and oxygen atoms in total. The third kappa shape index (κ3) is 3.47. The van der Waals surface area contributed by atoms with Crippen LogP contribution < -0.4 is 5.32 Å². The van der Waals surface area contributed by atoms with Crippen molar-refractivity contribution < 1.29 is 5.11 Å². The largest absolute Gasteiger partial charge is 0.388 e. The Morgan fingerprint density at radius 1 is 1.47 bits per heavy atom.